The Balaban J connectivity index is 2.08. The highest BCUT2D eigenvalue weighted by atomic mass is 16.5. The van der Waals surface area contributed by atoms with Crippen molar-refractivity contribution in [3.63, 3.8) is 0 Å². The normalized spacial score (nSPS) is 10.4. The lowest BCUT2D eigenvalue weighted by atomic mass is 10.1. The lowest BCUT2D eigenvalue weighted by molar-refractivity contribution is 0.101. The van der Waals surface area contributed by atoms with E-state index in [-0.39, 0.29) is 17.8 Å². The number of nitrogens with one attached hydrogen (secondary N) is 1. The van der Waals surface area contributed by atoms with Crippen LogP contribution in [-0.2, 0) is 0 Å². The molecule has 114 valence electrons. The van der Waals surface area contributed by atoms with Gasteiger partial charge >= 0.3 is 0 Å². The number of carbonyl (C=O) groups is 2. The molecular formula is C18H19NO3. The number of carbonyl (C=O) groups excluding carboxylic acids is 2. The fraction of sp³-hybridized carbons (Fsp3) is 0.222. The second-order valence-electron chi connectivity index (χ2n) is 5.28. The van der Waals surface area contributed by atoms with Crippen molar-refractivity contribution in [2.24, 2.45) is 0 Å². The third-order valence-corrected chi connectivity index (χ3v) is 3.02. The summed E-state index contributed by atoms with van der Waals surface area (Å²) in [6.07, 6.45) is 0.0917. The molecule has 0 fully saturated rings. The van der Waals surface area contributed by atoms with Gasteiger partial charge in [-0.1, -0.05) is 12.1 Å². The van der Waals surface area contributed by atoms with Gasteiger partial charge in [-0.2, -0.15) is 0 Å². The molecule has 4 nitrogen and oxygen atoms in total. The number of Topliss-reactive ketones (excluding diaryl/α,β-unsaturated/α-hetero) is 1. The average Bonchev–Trinajstić information content (AvgIpc) is 2.47. The van der Waals surface area contributed by atoms with Gasteiger partial charge in [0.1, 0.15) is 5.75 Å². The number of hydrogen-bond acceptors (Lipinski definition) is 3. The van der Waals surface area contributed by atoms with Crippen LogP contribution in [0.5, 0.6) is 5.75 Å². The molecule has 1 amide bonds. The highest BCUT2D eigenvalue weighted by Gasteiger charge is 2.08. The predicted molar refractivity (Wildman–Crippen MR) is 86.6 cm³/mol. The molecule has 2 aromatic carbocycles. The molecule has 0 aliphatic carbocycles. The van der Waals surface area contributed by atoms with E-state index in [4.69, 9.17) is 4.74 Å². The van der Waals surface area contributed by atoms with Crippen molar-refractivity contribution in [3.05, 3.63) is 59.7 Å². The Hall–Kier alpha value is -2.62. The fourth-order valence-electron chi connectivity index (χ4n) is 1.98. The van der Waals surface area contributed by atoms with E-state index in [1.54, 1.807) is 48.5 Å². The minimum absolute atomic E-state index is 0.0358. The van der Waals surface area contributed by atoms with Crippen molar-refractivity contribution in [2.75, 3.05) is 5.32 Å². The Morgan fingerprint density at radius 1 is 1.00 bits per heavy atom. The molecule has 0 aromatic heterocycles. The number of hydrogen-bond donors (Lipinski definition) is 1. The number of ether oxygens (including phenoxy) is 1. The van der Waals surface area contributed by atoms with E-state index in [0.717, 1.165) is 5.75 Å². The van der Waals surface area contributed by atoms with Gasteiger partial charge in [0.15, 0.2) is 5.78 Å². The Morgan fingerprint density at radius 3 is 2.27 bits per heavy atom. The first-order chi connectivity index (χ1) is 10.5. The van der Waals surface area contributed by atoms with Crippen molar-refractivity contribution < 1.29 is 14.3 Å². The van der Waals surface area contributed by atoms with Gasteiger partial charge in [-0.15, -0.1) is 0 Å². The number of ketones is 1. The van der Waals surface area contributed by atoms with Crippen LogP contribution >= 0.6 is 0 Å². The maximum atomic E-state index is 12.2. The zero-order valence-corrected chi connectivity index (χ0v) is 12.9. The molecule has 2 aromatic rings. The van der Waals surface area contributed by atoms with Crippen molar-refractivity contribution in [1.82, 2.24) is 0 Å². The molecule has 0 saturated carbocycles. The van der Waals surface area contributed by atoms with E-state index < -0.39 is 0 Å². The van der Waals surface area contributed by atoms with E-state index in [9.17, 15) is 9.59 Å². The topological polar surface area (TPSA) is 55.4 Å². The number of benzene rings is 2. The van der Waals surface area contributed by atoms with Gasteiger partial charge in [-0.25, -0.2) is 0 Å². The fourth-order valence-corrected chi connectivity index (χ4v) is 1.98. The SMILES string of the molecule is CC(=O)c1cccc(NC(=O)c2ccc(OC(C)C)cc2)c1. The summed E-state index contributed by atoms with van der Waals surface area (Å²) in [6.45, 7) is 5.39. The minimum atomic E-state index is -0.225. The lowest BCUT2D eigenvalue weighted by Crippen LogP contribution is -2.12. The van der Waals surface area contributed by atoms with Crippen molar-refractivity contribution >= 4 is 17.4 Å². The standard InChI is InChI=1S/C18H19NO3/c1-12(2)22-17-9-7-14(8-10-17)18(21)19-16-6-4-5-15(11-16)13(3)20/h4-12H,1-3H3,(H,19,21). The Labute approximate surface area is 130 Å². The van der Waals surface area contributed by atoms with Crippen LogP contribution in [0.4, 0.5) is 5.69 Å². The first-order valence-electron chi connectivity index (χ1n) is 7.15. The average molecular weight is 297 g/mol. The Kier molecular flexibility index (Phi) is 4.94. The van der Waals surface area contributed by atoms with Crippen LogP contribution < -0.4 is 10.1 Å². The third-order valence-electron chi connectivity index (χ3n) is 3.02. The first-order valence-corrected chi connectivity index (χ1v) is 7.15. The summed E-state index contributed by atoms with van der Waals surface area (Å²) < 4.78 is 5.54. The number of anilines is 1. The largest absolute Gasteiger partial charge is 0.491 e. The summed E-state index contributed by atoms with van der Waals surface area (Å²) in [5.41, 5.74) is 1.70. The molecular weight excluding hydrogens is 278 g/mol. The molecule has 0 aliphatic heterocycles. The maximum Gasteiger partial charge on any atom is 0.255 e. The van der Waals surface area contributed by atoms with Crippen molar-refractivity contribution in [2.45, 2.75) is 26.9 Å². The molecule has 0 bridgehead atoms. The van der Waals surface area contributed by atoms with Crippen LogP contribution in [0.2, 0.25) is 0 Å². The van der Waals surface area contributed by atoms with Crippen LogP contribution in [-0.4, -0.2) is 17.8 Å². The molecule has 0 aliphatic rings. The second-order valence-corrected chi connectivity index (χ2v) is 5.28. The lowest BCUT2D eigenvalue weighted by Gasteiger charge is -2.10. The van der Waals surface area contributed by atoms with Gasteiger partial charge in [-0.05, 0) is 57.2 Å². The van der Waals surface area contributed by atoms with Crippen LogP contribution in [0.3, 0.4) is 0 Å². The predicted octanol–water partition coefficient (Wildman–Crippen LogP) is 3.93. The van der Waals surface area contributed by atoms with E-state index in [0.29, 0.717) is 16.8 Å². The summed E-state index contributed by atoms with van der Waals surface area (Å²) in [5.74, 6) is 0.466. The molecule has 0 unspecified atom stereocenters. The molecule has 4 heteroatoms. The minimum Gasteiger partial charge on any atom is -0.491 e. The highest BCUT2D eigenvalue weighted by molar-refractivity contribution is 6.05. The van der Waals surface area contributed by atoms with E-state index in [2.05, 4.69) is 5.32 Å². The van der Waals surface area contributed by atoms with Gasteiger partial charge in [0.05, 0.1) is 6.10 Å². The summed E-state index contributed by atoms with van der Waals surface area (Å²) in [5, 5.41) is 2.78. The molecule has 0 atom stereocenters. The molecule has 1 N–H and O–H groups in total. The summed E-state index contributed by atoms with van der Waals surface area (Å²) in [4.78, 5) is 23.5. The van der Waals surface area contributed by atoms with Crippen LogP contribution in [0.1, 0.15) is 41.5 Å². The van der Waals surface area contributed by atoms with Gasteiger partial charge in [0.2, 0.25) is 0 Å². The summed E-state index contributed by atoms with van der Waals surface area (Å²) in [7, 11) is 0. The molecule has 0 saturated heterocycles. The summed E-state index contributed by atoms with van der Waals surface area (Å²) >= 11 is 0. The molecule has 0 radical (unpaired) electrons. The van der Waals surface area contributed by atoms with Crippen LogP contribution in [0.15, 0.2) is 48.5 Å². The summed E-state index contributed by atoms with van der Waals surface area (Å²) in [6, 6.07) is 13.8. The molecule has 0 spiro atoms. The smallest absolute Gasteiger partial charge is 0.255 e. The molecule has 0 heterocycles. The quantitative estimate of drug-likeness (QED) is 0.851. The maximum absolute atomic E-state index is 12.2. The number of rotatable bonds is 5. The van der Waals surface area contributed by atoms with Crippen molar-refractivity contribution in [3.8, 4) is 5.75 Å². The van der Waals surface area contributed by atoms with Gasteiger partial charge < -0.3 is 10.1 Å². The third kappa shape index (κ3) is 4.19. The zero-order chi connectivity index (χ0) is 16.1. The molecule has 2 rings (SSSR count). The highest BCUT2D eigenvalue weighted by Crippen LogP contribution is 2.16. The second kappa shape index (κ2) is 6.89. The monoisotopic (exact) mass is 297 g/mol. The Bertz CT molecular complexity index is 675. The molecule has 22 heavy (non-hydrogen) atoms. The first kappa shape index (κ1) is 15.8. The van der Waals surface area contributed by atoms with Gasteiger partial charge in [0.25, 0.3) is 5.91 Å². The number of amides is 1. The van der Waals surface area contributed by atoms with Gasteiger partial charge in [-0.3, -0.25) is 9.59 Å². The van der Waals surface area contributed by atoms with E-state index in [1.807, 2.05) is 13.8 Å². The van der Waals surface area contributed by atoms with E-state index >= 15 is 0 Å². The zero-order valence-electron chi connectivity index (χ0n) is 12.9. The van der Waals surface area contributed by atoms with Gasteiger partial charge in [0, 0.05) is 16.8 Å². The van der Waals surface area contributed by atoms with Crippen molar-refractivity contribution in [1.29, 1.82) is 0 Å². The van der Waals surface area contributed by atoms with Crippen LogP contribution in [0.25, 0.3) is 0 Å². The van der Waals surface area contributed by atoms with Crippen LogP contribution in [0, 0.1) is 0 Å². The van der Waals surface area contributed by atoms with E-state index in [1.165, 1.54) is 6.92 Å². The Morgan fingerprint density at radius 2 is 1.68 bits per heavy atom.